The molecule has 0 bridgehead atoms. The van der Waals surface area contributed by atoms with Gasteiger partial charge in [0.2, 0.25) is 0 Å². The fourth-order valence-corrected chi connectivity index (χ4v) is 1.36. The largest absolute Gasteiger partial charge is 0.354 e. The summed E-state index contributed by atoms with van der Waals surface area (Å²) in [6.07, 6.45) is 2.00. The third-order valence-electron chi connectivity index (χ3n) is 0.762. The van der Waals surface area contributed by atoms with Crippen LogP contribution in [0.2, 0.25) is 0 Å². The number of nitrogens with zero attached hydrogens (tertiary/aromatic N) is 1. The first-order valence-electron chi connectivity index (χ1n) is 2.02. The van der Waals surface area contributed by atoms with Crippen molar-refractivity contribution in [1.29, 1.82) is 0 Å². The van der Waals surface area contributed by atoms with Crippen LogP contribution in [0.15, 0.2) is 11.6 Å². The molecule has 1 nitrogen and oxygen atoms in total. The Hall–Kier alpha value is 0.180. The number of thioether (sulfide) groups is 1. The number of halogens is 1. The Bertz CT molecular complexity index is 83.8. The van der Waals surface area contributed by atoms with Gasteiger partial charge in [-0.2, -0.15) is 0 Å². The second-order valence-corrected chi connectivity index (χ2v) is 2.39. The summed E-state index contributed by atoms with van der Waals surface area (Å²) in [5.74, 6) is 1.02. The summed E-state index contributed by atoms with van der Waals surface area (Å²) in [4.78, 5) is 2.03. The zero-order valence-electron chi connectivity index (χ0n) is 3.80. The van der Waals surface area contributed by atoms with Crippen LogP contribution in [-0.4, -0.2) is 16.8 Å². The summed E-state index contributed by atoms with van der Waals surface area (Å²) >= 11 is 7.24. The highest BCUT2D eigenvalue weighted by atomic mass is 35.5. The summed E-state index contributed by atoms with van der Waals surface area (Å²) in [6, 6.07) is 0.615. The van der Waals surface area contributed by atoms with E-state index in [1.54, 1.807) is 11.8 Å². The molecule has 1 aliphatic rings. The summed E-state index contributed by atoms with van der Waals surface area (Å²) in [5.41, 5.74) is 0. The van der Waals surface area contributed by atoms with Crippen molar-refractivity contribution in [2.45, 2.75) is 0 Å². The SMILES string of the molecule is ClCN1C=CSC1. The lowest BCUT2D eigenvalue weighted by molar-refractivity contribution is 0.525. The van der Waals surface area contributed by atoms with Gasteiger partial charge < -0.3 is 4.90 Å². The van der Waals surface area contributed by atoms with Crippen LogP contribution in [0.25, 0.3) is 0 Å². The predicted molar refractivity (Wildman–Crippen MR) is 34.2 cm³/mol. The molecule has 1 aliphatic heterocycles. The van der Waals surface area contributed by atoms with E-state index in [0.717, 1.165) is 5.88 Å². The van der Waals surface area contributed by atoms with Crippen LogP contribution in [0, 0.1) is 0 Å². The molecule has 3 heteroatoms. The van der Waals surface area contributed by atoms with E-state index in [-0.39, 0.29) is 0 Å². The highest BCUT2D eigenvalue weighted by Crippen LogP contribution is 2.14. The van der Waals surface area contributed by atoms with E-state index in [1.807, 2.05) is 16.5 Å². The number of alkyl halides is 1. The lowest BCUT2D eigenvalue weighted by Crippen LogP contribution is -2.08. The van der Waals surface area contributed by atoms with Crippen molar-refractivity contribution in [2.75, 3.05) is 11.9 Å². The molecule has 0 N–H and O–H groups in total. The maximum Gasteiger partial charge on any atom is 0.0931 e. The van der Waals surface area contributed by atoms with Gasteiger partial charge in [-0.3, -0.25) is 0 Å². The Morgan fingerprint density at radius 3 is 3.00 bits per heavy atom. The van der Waals surface area contributed by atoms with Gasteiger partial charge in [0.05, 0.1) is 11.9 Å². The van der Waals surface area contributed by atoms with Crippen LogP contribution in [0.4, 0.5) is 0 Å². The highest BCUT2D eigenvalue weighted by Gasteiger charge is 1.99. The quantitative estimate of drug-likeness (QED) is 0.398. The molecule has 0 amide bonds. The van der Waals surface area contributed by atoms with Gasteiger partial charge in [0.25, 0.3) is 0 Å². The second kappa shape index (κ2) is 2.48. The maximum absolute atomic E-state index is 5.47. The van der Waals surface area contributed by atoms with Crippen molar-refractivity contribution >= 4 is 23.4 Å². The Balaban J connectivity index is 2.28. The van der Waals surface area contributed by atoms with Gasteiger partial charge in [0.1, 0.15) is 0 Å². The molecule has 0 unspecified atom stereocenters. The highest BCUT2D eigenvalue weighted by molar-refractivity contribution is 8.02. The Morgan fingerprint density at radius 2 is 2.71 bits per heavy atom. The van der Waals surface area contributed by atoms with Crippen molar-refractivity contribution in [3.8, 4) is 0 Å². The van der Waals surface area contributed by atoms with Crippen molar-refractivity contribution < 1.29 is 0 Å². The third-order valence-corrected chi connectivity index (χ3v) is 1.86. The molecule has 7 heavy (non-hydrogen) atoms. The smallest absolute Gasteiger partial charge is 0.0931 e. The van der Waals surface area contributed by atoms with Gasteiger partial charge >= 0.3 is 0 Å². The Labute approximate surface area is 52.3 Å². The van der Waals surface area contributed by atoms with E-state index in [1.165, 1.54) is 0 Å². The zero-order valence-corrected chi connectivity index (χ0v) is 5.37. The lowest BCUT2D eigenvalue weighted by Gasteiger charge is -2.06. The summed E-state index contributed by atoms with van der Waals surface area (Å²) < 4.78 is 0. The standard InChI is InChI=1S/C4H6ClNS/c5-3-6-1-2-7-4-6/h1-2H,3-4H2. The molecular formula is C4H6ClNS. The topological polar surface area (TPSA) is 3.24 Å². The van der Waals surface area contributed by atoms with Gasteiger partial charge in [0.15, 0.2) is 0 Å². The van der Waals surface area contributed by atoms with Gasteiger partial charge in [-0.1, -0.05) is 0 Å². The van der Waals surface area contributed by atoms with Crippen LogP contribution in [0.3, 0.4) is 0 Å². The number of hydrogen-bond acceptors (Lipinski definition) is 2. The van der Waals surface area contributed by atoms with E-state index in [2.05, 4.69) is 0 Å². The molecular weight excluding hydrogens is 130 g/mol. The van der Waals surface area contributed by atoms with Crippen LogP contribution >= 0.6 is 23.4 Å². The van der Waals surface area contributed by atoms with Crippen molar-refractivity contribution in [2.24, 2.45) is 0 Å². The molecule has 0 saturated carbocycles. The maximum atomic E-state index is 5.47. The average Bonchev–Trinajstić information content (AvgIpc) is 2.14. The molecule has 0 aromatic heterocycles. The van der Waals surface area contributed by atoms with Crippen LogP contribution < -0.4 is 0 Å². The van der Waals surface area contributed by atoms with Crippen LogP contribution in [-0.2, 0) is 0 Å². The summed E-state index contributed by atoms with van der Waals surface area (Å²) in [7, 11) is 0. The average molecular weight is 136 g/mol. The second-order valence-electron chi connectivity index (χ2n) is 1.29. The van der Waals surface area contributed by atoms with E-state index in [0.29, 0.717) is 6.00 Å². The molecule has 0 fully saturated rings. The van der Waals surface area contributed by atoms with Crippen molar-refractivity contribution in [3.05, 3.63) is 11.6 Å². The van der Waals surface area contributed by atoms with E-state index < -0.39 is 0 Å². The lowest BCUT2D eigenvalue weighted by atomic mass is 10.9. The minimum Gasteiger partial charge on any atom is -0.354 e. The molecule has 0 aromatic carbocycles. The van der Waals surface area contributed by atoms with Gasteiger partial charge in [-0.05, 0) is 5.41 Å². The Kier molecular flexibility index (Phi) is 1.88. The zero-order chi connectivity index (χ0) is 5.11. The molecule has 0 atom stereocenters. The molecule has 0 aromatic rings. The first-order valence-corrected chi connectivity index (χ1v) is 3.60. The Morgan fingerprint density at radius 1 is 1.86 bits per heavy atom. The molecule has 1 heterocycles. The summed E-state index contributed by atoms with van der Waals surface area (Å²) in [6.45, 7) is 0. The first-order chi connectivity index (χ1) is 3.43. The number of hydrogen-bond donors (Lipinski definition) is 0. The summed E-state index contributed by atoms with van der Waals surface area (Å²) in [5, 5.41) is 2.04. The predicted octanol–water partition coefficient (Wildman–Crippen LogP) is 1.66. The number of rotatable bonds is 1. The molecule has 0 aliphatic carbocycles. The van der Waals surface area contributed by atoms with Gasteiger partial charge in [-0.15, -0.1) is 23.4 Å². The van der Waals surface area contributed by atoms with Crippen molar-refractivity contribution in [1.82, 2.24) is 4.90 Å². The van der Waals surface area contributed by atoms with Crippen LogP contribution in [0.1, 0.15) is 0 Å². The van der Waals surface area contributed by atoms with Crippen molar-refractivity contribution in [3.63, 3.8) is 0 Å². The monoisotopic (exact) mass is 135 g/mol. The van der Waals surface area contributed by atoms with Crippen LogP contribution in [0.5, 0.6) is 0 Å². The van der Waals surface area contributed by atoms with Gasteiger partial charge in [0, 0.05) is 6.20 Å². The molecule has 0 saturated heterocycles. The van der Waals surface area contributed by atoms with Gasteiger partial charge in [-0.25, -0.2) is 0 Å². The molecule has 40 valence electrons. The molecule has 0 radical (unpaired) electrons. The fourth-order valence-electron chi connectivity index (χ4n) is 0.385. The molecule has 0 spiro atoms. The van der Waals surface area contributed by atoms with E-state index in [4.69, 9.17) is 11.6 Å². The minimum absolute atomic E-state index is 0.615. The first kappa shape index (κ1) is 5.32. The fraction of sp³-hybridized carbons (Fsp3) is 0.500. The normalized spacial score (nSPS) is 18.7. The van der Waals surface area contributed by atoms with E-state index in [9.17, 15) is 0 Å². The third kappa shape index (κ3) is 1.28. The van der Waals surface area contributed by atoms with E-state index >= 15 is 0 Å². The molecule has 1 rings (SSSR count). The minimum atomic E-state index is 0.615.